The van der Waals surface area contributed by atoms with E-state index in [1.807, 2.05) is 43.3 Å². The van der Waals surface area contributed by atoms with Gasteiger partial charge in [0.2, 0.25) is 0 Å². The van der Waals surface area contributed by atoms with Gasteiger partial charge in [0.15, 0.2) is 0 Å². The van der Waals surface area contributed by atoms with E-state index in [2.05, 4.69) is 5.32 Å². The molecule has 82 valence electrons. The summed E-state index contributed by atoms with van der Waals surface area (Å²) in [7, 11) is 0. The van der Waals surface area contributed by atoms with E-state index in [0.717, 1.165) is 11.4 Å². The number of anilines is 3. The first-order valence-corrected chi connectivity index (χ1v) is 5.42. The van der Waals surface area contributed by atoms with Gasteiger partial charge in [0, 0.05) is 11.4 Å². The molecule has 0 aliphatic rings. The van der Waals surface area contributed by atoms with Crippen molar-refractivity contribution >= 4 is 28.7 Å². The Kier molecular flexibility index (Phi) is 3.02. The number of nitrogens with one attached hydrogen (secondary N) is 1. The van der Waals surface area contributed by atoms with Crippen molar-refractivity contribution in [2.75, 3.05) is 11.1 Å². The zero-order valence-corrected chi connectivity index (χ0v) is 9.75. The molecule has 0 radical (unpaired) electrons. The molecule has 0 aliphatic carbocycles. The third-order valence-corrected chi connectivity index (χ3v) is 2.72. The predicted molar refractivity (Wildman–Crippen MR) is 70.3 cm³/mol. The maximum atomic E-state index is 6.09. The van der Waals surface area contributed by atoms with Gasteiger partial charge in [-0.2, -0.15) is 0 Å². The van der Waals surface area contributed by atoms with Crippen molar-refractivity contribution < 1.29 is 0 Å². The Morgan fingerprint density at radius 3 is 2.50 bits per heavy atom. The molecule has 0 atom stereocenters. The first-order valence-electron chi connectivity index (χ1n) is 5.04. The molecule has 0 amide bonds. The third-order valence-electron chi connectivity index (χ3n) is 2.41. The molecule has 0 spiro atoms. The van der Waals surface area contributed by atoms with Crippen LogP contribution in [0.25, 0.3) is 0 Å². The average molecular weight is 233 g/mol. The second-order valence-corrected chi connectivity index (χ2v) is 4.09. The largest absolute Gasteiger partial charge is 0.399 e. The van der Waals surface area contributed by atoms with Crippen molar-refractivity contribution in [3.05, 3.63) is 53.1 Å². The number of nitrogen functional groups attached to an aromatic ring is 1. The summed E-state index contributed by atoms with van der Waals surface area (Å²) >= 11 is 6.09. The number of benzene rings is 2. The first-order chi connectivity index (χ1) is 7.66. The zero-order chi connectivity index (χ0) is 11.5. The molecular formula is C13H13ClN2. The maximum absolute atomic E-state index is 6.09. The van der Waals surface area contributed by atoms with Crippen LogP contribution in [0.1, 0.15) is 5.56 Å². The fourth-order valence-electron chi connectivity index (χ4n) is 1.49. The minimum absolute atomic E-state index is 0.628. The van der Waals surface area contributed by atoms with Gasteiger partial charge in [-0.25, -0.2) is 0 Å². The molecule has 0 aromatic heterocycles. The number of rotatable bonds is 2. The van der Waals surface area contributed by atoms with Gasteiger partial charge < -0.3 is 11.1 Å². The lowest BCUT2D eigenvalue weighted by Crippen LogP contribution is -1.94. The van der Waals surface area contributed by atoms with Gasteiger partial charge in [-0.15, -0.1) is 0 Å². The summed E-state index contributed by atoms with van der Waals surface area (Å²) in [5.74, 6) is 0. The molecule has 0 bridgehead atoms. The van der Waals surface area contributed by atoms with Crippen molar-refractivity contribution in [2.45, 2.75) is 6.92 Å². The van der Waals surface area contributed by atoms with Crippen molar-refractivity contribution in [3.63, 3.8) is 0 Å². The van der Waals surface area contributed by atoms with Crippen molar-refractivity contribution in [1.82, 2.24) is 0 Å². The van der Waals surface area contributed by atoms with Crippen molar-refractivity contribution in [1.29, 1.82) is 0 Å². The summed E-state index contributed by atoms with van der Waals surface area (Å²) in [6.07, 6.45) is 0. The Bertz CT molecular complexity index is 509. The van der Waals surface area contributed by atoms with Gasteiger partial charge in [0.05, 0.1) is 10.7 Å². The molecule has 0 saturated heterocycles. The van der Waals surface area contributed by atoms with E-state index in [9.17, 15) is 0 Å². The van der Waals surface area contributed by atoms with Crippen LogP contribution in [0, 0.1) is 6.92 Å². The summed E-state index contributed by atoms with van der Waals surface area (Å²) in [4.78, 5) is 0. The highest BCUT2D eigenvalue weighted by molar-refractivity contribution is 6.33. The predicted octanol–water partition coefficient (Wildman–Crippen LogP) is 3.97. The second-order valence-electron chi connectivity index (χ2n) is 3.68. The van der Waals surface area contributed by atoms with Crippen molar-refractivity contribution in [2.24, 2.45) is 0 Å². The molecule has 16 heavy (non-hydrogen) atoms. The topological polar surface area (TPSA) is 38.0 Å². The fraction of sp³-hybridized carbons (Fsp3) is 0.0769. The number of aryl methyl sites for hydroxylation is 1. The highest BCUT2D eigenvalue weighted by Gasteiger charge is 2.02. The van der Waals surface area contributed by atoms with E-state index < -0.39 is 0 Å². The van der Waals surface area contributed by atoms with Crippen LogP contribution in [0.5, 0.6) is 0 Å². The number of nitrogens with two attached hydrogens (primary N) is 1. The Balaban J connectivity index is 2.31. The van der Waals surface area contributed by atoms with E-state index in [1.165, 1.54) is 5.56 Å². The normalized spacial score (nSPS) is 10.1. The standard InChI is InChI=1S/C13H13ClN2/c1-9-4-2-3-5-12(9)16-13-7-6-10(15)8-11(13)14/h2-8,16H,15H2,1H3. The molecule has 0 saturated carbocycles. The van der Waals surface area contributed by atoms with Gasteiger partial charge in [0.25, 0.3) is 0 Å². The number of hydrogen-bond donors (Lipinski definition) is 2. The number of halogens is 1. The molecule has 0 heterocycles. The van der Waals surface area contributed by atoms with E-state index in [0.29, 0.717) is 10.7 Å². The Morgan fingerprint density at radius 2 is 1.81 bits per heavy atom. The van der Waals surface area contributed by atoms with Crippen LogP contribution in [0.4, 0.5) is 17.1 Å². The van der Waals surface area contributed by atoms with Gasteiger partial charge in [-0.3, -0.25) is 0 Å². The molecule has 2 aromatic rings. The maximum Gasteiger partial charge on any atom is 0.0661 e. The molecule has 0 fully saturated rings. The second kappa shape index (κ2) is 4.45. The van der Waals surface area contributed by atoms with Gasteiger partial charge >= 0.3 is 0 Å². The summed E-state index contributed by atoms with van der Waals surface area (Å²) in [5.41, 5.74) is 9.40. The average Bonchev–Trinajstić information content (AvgIpc) is 2.25. The number of hydrogen-bond acceptors (Lipinski definition) is 2. The van der Waals surface area contributed by atoms with Crippen LogP contribution in [0.2, 0.25) is 5.02 Å². The molecule has 2 aromatic carbocycles. The summed E-state index contributed by atoms with van der Waals surface area (Å²) in [6.45, 7) is 2.05. The van der Waals surface area contributed by atoms with Crippen LogP contribution in [0.15, 0.2) is 42.5 Å². The summed E-state index contributed by atoms with van der Waals surface area (Å²) < 4.78 is 0. The van der Waals surface area contributed by atoms with Crippen LogP contribution < -0.4 is 11.1 Å². The third kappa shape index (κ3) is 2.28. The molecule has 0 aliphatic heterocycles. The van der Waals surface area contributed by atoms with Crippen LogP contribution in [-0.4, -0.2) is 0 Å². The summed E-state index contributed by atoms with van der Waals surface area (Å²) in [6, 6.07) is 13.5. The Labute approximate surface area is 100 Å². The van der Waals surface area contributed by atoms with E-state index in [1.54, 1.807) is 6.07 Å². The first kappa shape index (κ1) is 10.8. The highest BCUT2D eigenvalue weighted by Crippen LogP contribution is 2.28. The molecular weight excluding hydrogens is 220 g/mol. The summed E-state index contributed by atoms with van der Waals surface area (Å²) in [5, 5.41) is 3.91. The smallest absolute Gasteiger partial charge is 0.0661 e. The molecule has 2 nitrogen and oxygen atoms in total. The Hall–Kier alpha value is -1.67. The van der Waals surface area contributed by atoms with Gasteiger partial charge in [0.1, 0.15) is 0 Å². The Morgan fingerprint density at radius 1 is 1.06 bits per heavy atom. The fourth-order valence-corrected chi connectivity index (χ4v) is 1.73. The minimum atomic E-state index is 0.628. The van der Waals surface area contributed by atoms with E-state index >= 15 is 0 Å². The monoisotopic (exact) mass is 232 g/mol. The lowest BCUT2D eigenvalue weighted by molar-refractivity contribution is 1.43. The quantitative estimate of drug-likeness (QED) is 0.769. The SMILES string of the molecule is Cc1ccccc1Nc1ccc(N)cc1Cl. The van der Waals surface area contributed by atoms with Gasteiger partial charge in [-0.05, 0) is 36.8 Å². The van der Waals surface area contributed by atoms with Crippen LogP contribution in [-0.2, 0) is 0 Å². The highest BCUT2D eigenvalue weighted by atomic mass is 35.5. The van der Waals surface area contributed by atoms with Crippen LogP contribution >= 0.6 is 11.6 Å². The lowest BCUT2D eigenvalue weighted by Gasteiger charge is -2.11. The molecule has 0 unspecified atom stereocenters. The van der Waals surface area contributed by atoms with E-state index in [-0.39, 0.29) is 0 Å². The van der Waals surface area contributed by atoms with Crippen molar-refractivity contribution in [3.8, 4) is 0 Å². The molecule has 3 N–H and O–H groups in total. The molecule has 2 rings (SSSR count). The van der Waals surface area contributed by atoms with Crippen LogP contribution in [0.3, 0.4) is 0 Å². The van der Waals surface area contributed by atoms with Gasteiger partial charge in [-0.1, -0.05) is 29.8 Å². The lowest BCUT2D eigenvalue weighted by atomic mass is 10.2. The number of para-hydroxylation sites is 1. The van der Waals surface area contributed by atoms with E-state index in [4.69, 9.17) is 17.3 Å². The minimum Gasteiger partial charge on any atom is -0.399 e. The molecule has 3 heteroatoms. The zero-order valence-electron chi connectivity index (χ0n) is 9.00.